The molecule has 0 saturated heterocycles. The average molecular weight is 289 g/mol. The van der Waals surface area contributed by atoms with Gasteiger partial charge in [-0.2, -0.15) is 0 Å². The highest BCUT2D eigenvalue weighted by Crippen LogP contribution is 2.36. The SMILES string of the molecule is CCc1occc1C(NC)c1cc(OC)c(OC)cc1C. The molecule has 4 heteroatoms. The van der Waals surface area contributed by atoms with Gasteiger partial charge in [0, 0.05) is 12.0 Å². The topological polar surface area (TPSA) is 43.6 Å². The van der Waals surface area contributed by atoms with E-state index in [0.29, 0.717) is 0 Å². The molecule has 0 aliphatic carbocycles. The van der Waals surface area contributed by atoms with Crippen LogP contribution in [0.3, 0.4) is 0 Å². The van der Waals surface area contributed by atoms with Gasteiger partial charge in [0.25, 0.3) is 0 Å². The number of ether oxygens (including phenoxy) is 2. The lowest BCUT2D eigenvalue weighted by Crippen LogP contribution is -2.19. The third kappa shape index (κ3) is 2.90. The van der Waals surface area contributed by atoms with Crippen molar-refractivity contribution in [3.63, 3.8) is 0 Å². The van der Waals surface area contributed by atoms with Crippen molar-refractivity contribution in [2.45, 2.75) is 26.3 Å². The van der Waals surface area contributed by atoms with Gasteiger partial charge in [-0.3, -0.25) is 0 Å². The number of nitrogens with one attached hydrogen (secondary N) is 1. The molecule has 0 aliphatic heterocycles. The summed E-state index contributed by atoms with van der Waals surface area (Å²) < 4.78 is 16.3. The van der Waals surface area contributed by atoms with Crippen LogP contribution in [0.4, 0.5) is 0 Å². The number of hydrogen-bond acceptors (Lipinski definition) is 4. The van der Waals surface area contributed by atoms with Crippen LogP contribution in [-0.4, -0.2) is 21.3 Å². The largest absolute Gasteiger partial charge is 0.493 e. The Labute approximate surface area is 126 Å². The molecule has 1 aromatic carbocycles. The minimum Gasteiger partial charge on any atom is -0.493 e. The summed E-state index contributed by atoms with van der Waals surface area (Å²) >= 11 is 0. The minimum absolute atomic E-state index is 0.0681. The second kappa shape index (κ2) is 6.68. The highest BCUT2D eigenvalue weighted by molar-refractivity contribution is 5.50. The predicted molar refractivity (Wildman–Crippen MR) is 83.3 cm³/mol. The van der Waals surface area contributed by atoms with Crippen LogP contribution in [0.15, 0.2) is 28.9 Å². The van der Waals surface area contributed by atoms with E-state index in [-0.39, 0.29) is 6.04 Å². The third-order valence-corrected chi connectivity index (χ3v) is 3.78. The van der Waals surface area contributed by atoms with Crippen molar-refractivity contribution in [2.75, 3.05) is 21.3 Å². The second-order valence-corrected chi connectivity index (χ2v) is 4.94. The van der Waals surface area contributed by atoms with Gasteiger partial charge < -0.3 is 19.2 Å². The van der Waals surface area contributed by atoms with Crippen LogP contribution in [0.2, 0.25) is 0 Å². The summed E-state index contributed by atoms with van der Waals surface area (Å²) in [5, 5.41) is 3.37. The number of methoxy groups -OCH3 is 2. The van der Waals surface area contributed by atoms with Gasteiger partial charge in [0.15, 0.2) is 11.5 Å². The smallest absolute Gasteiger partial charge is 0.161 e. The molecule has 1 atom stereocenters. The Kier molecular flexibility index (Phi) is 4.91. The van der Waals surface area contributed by atoms with Gasteiger partial charge in [0.1, 0.15) is 5.76 Å². The lowest BCUT2D eigenvalue weighted by atomic mass is 9.94. The summed E-state index contributed by atoms with van der Waals surface area (Å²) in [7, 11) is 5.26. The number of furan rings is 1. The molecule has 4 nitrogen and oxygen atoms in total. The van der Waals surface area contributed by atoms with Crippen molar-refractivity contribution >= 4 is 0 Å². The minimum atomic E-state index is 0.0681. The van der Waals surface area contributed by atoms with Crippen LogP contribution >= 0.6 is 0 Å². The van der Waals surface area contributed by atoms with E-state index < -0.39 is 0 Å². The van der Waals surface area contributed by atoms with Gasteiger partial charge in [-0.25, -0.2) is 0 Å². The third-order valence-electron chi connectivity index (χ3n) is 3.78. The Morgan fingerprint density at radius 3 is 2.38 bits per heavy atom. The first-order chi connectivity index (χ1) is 10.2. The highest BCUT2D eigenvalue weighted by Gasteiger charge is 2.21. The van der Waals surface area contributed by atoms with Gasteiger partial charge in [-0.05, 0) is 43.3 Å². The zero-order valence-electron chi connectivity index (χ0n) is 13.3. The van der Waals surface area contributed by atoms with Gasteiger partial charge in [0.05, 0.1) is 26.5 Å². The van der Waals surface area contributed by atoms with Crippen molar-refractivity contribution in [2.24, 2.45) is 0 Å². The van der Waals surface area contributed by atoms with Crippen LogP contribution in [0.5, 0.6) is 11.5 Å². The lowest BCUT2D eigenvalue weighted by Gasteiger charge is -2.21. The second-order valence-electron chi connectivity index (χ2n) is 4.94. The van der Waals surface area contributed by atoms with Crippen molar-refractivity contribution < 1.29 is 13.9 Å². The molecular formula is C17H23NO3. The summed E-state index contributed by atoms with van der Waals surface area (Å²) in [5.41, 5.74) is 3.47. The van der Waals surface area contributed by atoms with Gasteiger partial charge in [-0.1, -0.05) is 6.92 Å². The maximum Gasteiger partial charge on any atom is 0.161 e. The quantitative estimate of drug-likeness (QED) is 0.884. The Morgan fingerprint density at radius 2 is 1.81 bits per heavy atom. The normalized spacial score (nSPS) is 12.2. The maximum absolute atomic E-state index is 5.56. The van der Waals surface area contributed by atoms with Crippen molar-refractivity contribution in [1.29, 1.82) is 0 Å². The fraction of sp³-hybridized carbons (Fsp3) is 0.412. The fourth-order valence-corrected chi connectivity index (χ4v) is 2.68. The summed E-state index contributed by atoms with van der Waals surface area (Å²) in [4.78, 5) is 0. The van der Waals surface area contributed by atoms with E-state index in [0.717, 1.165) is 40.4 Å². The van der Waals surface area contributed by atoms with E-state index in [2.05, 4.69) is 19.2 Å². The van der Waals surface area contributed by atoms with E-state index in [1.54, 1.807) is 20.5 Å². The molecule has 1 aromatic heterocycles. The maximum atomic E-state index is 5.56. The van der Waals surface area contributed by atoms with E-state index in [9.17, 15) is 0 Å². The van der Waals surface area contributed by atoms with E-state index in [1.165, 1.54) is 0 Å². The number of aryl methyl sites for hydroxylation is 2. The molecule has 0 amide bonds. The molecule has 0 saturated carbocycles. The summed E-state index contributed by atoms with van der Waals surface area (Å²) in [6.07, 6.45) is 2.61. The monoisotopic (exact) mass is 289 g/mol. The molecule has 1 N–H and O–H groups in total. The first-order valence-electron chi connectivity index (χ1n) is 7.12. The molecule has 1 heterocycles. The Bertz CT molecular complexity index is 604. The first-order valence-corrected chi connectivity index (χ1v) is 7.12. The predicted octanol–water partition coefficient (Wildman–Crippen LogP) is 3.48. The van der Waals surface area contributed by atoms with Crippen LogP contribution in [0.1, 0.15) is 35.4 Å². The van der Waals surface area contributed by atoms with Crippen molar-refractivity contribution in [1.82, 2.24) is 5.32 Å². The first kappa shape index (κ1) is 15.4. The van der Waals surface area contributed by atoms with Gasteiger partial charge in [0.2, 0.25) is 0 Å². The van der Waals surface area contributed by atoms with Gasteiger partial charge in [-0.15, -0.1) is 0 Å². The Morgan fingerprint density at radius 1 is 1.14 bits per heavy atom. The zero-order valence-corrected chi connectivity index (χ0v) is 13.3. The number of hydrogen-bond donors (Lipinski definition) is 1. The van der Waals surface area contributed by atoms with Crippen molar-refractivity contribution in [3.8, 4) is 11.5 Å². The molecule has 0 aliphatic rings. The van der Waals surface area contributed by atoms with Crippen LogP contribution in [-0.2, 0) is 6.42 Å². The average Bonchev–Trinajstić information content (AvgIpc) is 2.97. The van der Waals surface area contributed by atoms with Crippen LogP contribution < -0.4 is 14.8 Å². The van der Waals surface area contributed by atoms with Gasteiger partial charge >= 0.3 is 0 Å². The molecule has 2 rings (SSSR count). The molecule has 114 valence electrons. The highest BCUT2D eigenvalue weighted by atomic mass is 16.5. The van der Waals surface area contributed by atoms with Crippen LogP contribution in [0, 0.1) is 6.92 Å². The Hall–Kier alpha value is -1.94. The standard InChI is InChI=1S/C17H23NO3/c1-6-14-12(7-8-21-14)17(18-3)13-10-16(20-5)15(19-4)9-11(13)2/h7-10,17-18H,6H2,1-5H3. The molecule has 2 aromatic rings. The number of benzene rings is 1. The van der Waals surface area contributed by atoms with E-state index in [1.807, 2.05) is 25.2 Å². The van der Waals surface area contributed by atoms with E-state index in [4.69, 9.17) is 13.9 Å². The molecular weight excluding hydrogens is 266 g/mol. The Balaban J connectivity index is 2.52. The molecule has 21 heavy (non-hydrogen) atoms. The summed E-state index contributed by atoms with van der Waals surface area (Å²) in [6, 6.07) is 6.13. The summed E-state index contributed by atoms with van der Waals surface area (Å²) in [5.74, 6) is 2.49. The van der Waals surface area contributed by atoms with Crippen LogP contribution in [0.25, 0.3) is 0 Å². The summed E-state index contributed by atoms with van der Waals surface area (Å²) in [6.45, 7) is 4.17. The molecule has 0 bridgehead atoms. The lowest BCUT2D eigenvalue weighted by molar-refractivity contribution is 0.354. The molecule has 0 radical (unpaired) electrons. The van der Waals surface area contributed by atoms with E-state index >= 15 is 0 Å². The van der Waals surface area contributed by atoms with Crippen molar-refractivity contribution in [3.05, 3.63) is 46.9 Å². The molecule has 0 spiro atoms. The fourth-order valence-electron chi connectivity index (χ4n) is 2.68. The molecule has 0 fully saturated rings. The zero-order chi connectivity index (χ0) is 15.4. The molecule has 1 unspecified atom stereocenters. The number of rotatable bonds is 6.